The predicted molar refractivity (Wildman–Crippen MR) is 75.2 cm³/mol. The number of rotatable bonds is 4. The number of nitrogens with one attached hydrogen (secondary N) is 1. The highest BCUT2D eigenvalue weighted by molar-refractivity contribution is 5.98. The number of hydrogen-bond donors (Lipinski definition) is 1. The molecular formula is C16H14FNO2. The fourth-order valence-electron chi connectivity index (χ4n) is 2.31. The highest BCUT2D eigenvalue weighted by Gasteiger charge is 2.13. The third-order valence-electron chi connectivity index (χ3n) is 3.31. The molecule has 1 N–H and O–H groups in total. The van der Waals surface area contributed by atoms with Gasteiger partial charge in [-0.3, -0.25) is 4.79 Å². The minimum atomic E-state index is -0.281. The number of ketones is 1. The molecule has 0 aliphatic rings. The topological polar surface area (TPSA) is 46.0 Å². The number of halogens is 1. The first-order chi connectivity index (χ1) is 9.69. The quantitative estimate of drug-likeness (QED) is 0.707. The van der Waals surface area contributed by atoms with Gasteiger partial charge in [0.2, 0.25) is 0 Å². The molecule has 3 aromatic rings. The number of furan rings is 1. The number of benzene rings is 1. The minimum Gasteiger partial charge on any atom is -0.461 e. The molecule has 0 spiro atoms. The van der Waals surface area contributed by atoms with Crippen LogP contribution in [-0.4, -0.2) is 10.8 Å². The lowest BCUT2D eigenvalue weighted by Gasteiger charge is -1.94. The summed E-state index contributed by atoms with van der Waals surface area (Å²) in [5.41, 5.74) is 2.45. The van der Waals surface area contributed by atoms with Gasteiger partial charge in [0.25, 0.3) is 0 Å². The second-order valence-corrected chi connectivity index (χ2v) is 4.77. The summed E-state index contributed by atoms with van der Waals surface area (Å²) >= 11 is 0. The van der Waals surface area contributed by atoms with Crippen LogP contribution in [0.15, 0.2) is 41.1 Å². The fourth-order valence-corrected chi connectivity index (χ4v) is 2.31. The maximum atomic E-state index is 13.2. The Bertz CT molecular complexity index is 770. The van der Waals surface area contributed by atoms with Crippen LogP contribution in [0.2, 0.25) is 0 Å². The van der Waals surface area contributed by atoms with Crippen molar-refractivity contribution < 1.29 is 13.6 Å². The Morgan fingerprint density at radius 1 is 1.35 bits per heavy atom. The molecule has 3 rings (SSSR count). The van der Waals surface area contributed by atoms with Gasteiger partial charge in [0.15, 0.2) is 11.5 Å². The monoisotopic (exact) mass is 271 g/mol. The predicted octanol–water partition coefficient (Wildman–Crippen LogP) is 4.55. The van der Waals surface area contributed by atoms with Crippen LogP contribution in [0.5, 0.6) is 0 Å². The van der Waals surface area contributed by atoms with E-state index in [-0.39, 0.29) is 11.6 Å². The summed E-state index contributed by atoms with van der Waals surface area (Å²) in [7, 11) is 0. The molecule has 0 atom stereocenters. The van der Waals surface area contributed by atoms with Gasteiger partial charge >= 0.3 is 0 Å². The molecule has 2 aromatic heterocycles. The van der Waals surface area contributed by atoms with E-state index in [0.29, 0.717) is 12.2 Å². The fraction of sp³-hybridized carbons (Fsp3) is 0.188. The van der Waals surface area contributed by atoms with Crippen molar-refractivity contribution in [2.75, 3.05) is 0 Å². The SMILES string of the molecule is CCCC(=O)c1cc(-c2c[nH]c3cc(F)ccc23)co1. The third-order valence-corrected chi connectivity index (χ3v) is 3.31. The highest BCUT2D eigenvalue weighted by atomic mass is 19.1. The third kappa shape index (κ3) is 2.13. The summed E-state index contributed by atoms with van der Waals surface area (Å²) in [5, 5.41) is 0.904. The second-order valence-electron chi connectivity index (χ2n) is 4.77. The number of fused-ring (bicyclic) bond motifs is 1. The van der Waals surface area contributed by atoms with E-state index in [1.807, 2.05) is 6.92 Å². The smallest absolute Gasteiger partial charge is 0.197 e. The van der Waals surface area contributed by atoms with Gasteiger partial charge in [-0.1, -0.05) is 6.92 Å². The van der Waals surface area contributed by atoms with Crippen LogP contribution >= 0.6 is 0 Å². The first kappa shape index (κ1) is 12.7. The number of Topliss-reactive ketones (excluding diaryl/α,β-unsaturated/α-hetero) is 1. The van der Waals surface area contributed by atoms with E-state index in [4.69, 9.17) is 4.42 Å². The van der Waals surface area contributed by atoms with Gasteiger partial charge in [-0.25, -0.2) is 4.39 Å². The zero-order chi connectivity index (χ0) is 14.1. The van der Waals surface area contributed by atoms with Crippen molar-refractivity contribution >= 4 is 16.7 Å². The first-order valence-electron chi connectivity index (χ1n) is 6.58. The van der Waals surface area contributed by atoms with Crippen LogP contribution in [0.4, 0.5) is 4.39 Å². The number of H-pyrrole nitrogens is 1. The summed E-state index contributed by atoms with van der Waals surface area (Å²) in [6, 6.07) is 6.33. The molecule has 1 aromatic carbocycles. The molecule has 0 amide bonds. The zero-order valence-corrected chi connectivity index (χ0v) is 11.1. The van der Waals surface area contributed by atoms with E-state index >= 15 is 0 Å². The van der Waals surface area contributed by atoms with Crippen LogP contribution in [0.1, 0.15) is 30.3 Å². The molecular weight excluding hydrogens is 257 g/mol. The number of aromatic amines is 1. The van der Waals surface area contributed by atoms with E-state index in [2.05, 4.69) is 4.98 Å². The van der Waals surface area contributed by atoms with Gasteiger partial charge in [-0.2, -0.15) is 0 Å². The highest BCUT2D eigenvalue weighted by Crippen LogP contribution is 2.30. The molecule has 0 aliphatic heterocycles. The van der Waals surface area contributed by atoms with Gasteiger partial charge in [-0.05, 0) is 30.7 Å². The Balaban J connectivity index is 2.01. The van der Waals surface area contributed by atoms with Crippen molar-refractivity contribution in [1.82, 2.24) is 4.98 Å². The molecule has 102 valence electrons. The molecule has 3 nitrogen and oxygen atoms in total. The molecule has 20 heavy (non-hydrogen) atoms. The summed E-state index contributed by atoms with van der Waals surface area (Å²) < 4.78 is 18.5. The van der Waals surface area contributed by atoms with Crippen LogP contribution in [0, 0.1) is 5.82 Å². The number of carbonyl (C=O) groups is 1. The largest absolute Gasteiger partial charge is 0.461 e. The van der Waals surface area contributed by atoms with Crippen molar-refractivity contribution in [2.45, 2.75) is 19.8 Å². The Morgan fingerprint density at radius 3 is 3.00 bits per heavy atom. The molecule has 0 aliphatic carbocycles. The number of carbonyl (C=O) groups excluding carboxylic acids is 1. The van der Waals surface area contributed by atoms with E-state index < -0.39 is 0 Å². The van der Waals surface area contributed by atoms with E-state index in [0.717, 1.165) is 28.5 Å². The summed E-state index contributed by atoms with van der Waals surface area (Å²) in [4.78, 5) is 14.8. The van der Waals surface area contributed by atoms with Gasteiger partial charge in [0.1, 0.15) is 5.82 Å². The zero-order valence-electron chi connectivity index (χ0n) is 11.1. The Labute approximate surface area is 115 Å². The van der Waals surface area contributed by atoms with Crippen molar-refractivity contribution in [3.8, 4) is 11.1 Å². The molecule has 0 unspecified atom stereocenters. The lowest BCUT2D eigenvalue weighted by molar-refractivity contribution is 0.0955. The lowest BCUT2D eigenvalue weighted by Crippen LogP contribution is -1.94. The minimum absolute atomic E-state index is 0.00429. The molecule has 0 saturated carbocycles. The van der Waals surface area contributed by atoms with Crippen molar-refractivity contribution in [2.24, 2.45) is 0 Å². The summed E-state index contributed by atoms with van der Waals surface area (Å²) in [5.74, 6) is 0.0971. The number of aromatic nitrogens is 1. The van der Waals surface area contributed by atoms with Crippen molar-refractivity contribution in [3.63, 3.8) is 0 Å². The van der Waals surface area contributed by atoms with Gasteiger partial charge in [0.05, 0.1) is 6.26 Å². The molecule has 0 saturated heterocycles. The van der Waals surface area contributed by atoms with Gasteiger partial charge in [0, 0.05) is 34.6 Å². The van der Waals surface area contributed by atoms with Crippen LogP contribution in [0.3, 0.4) is 0 Å². The Hall–Kier alpha value is -2.36. The summed E-state index contributed by atoms with van der Waals surface area (Å²) in [6.45, 7) is 1.95. The maximum Gasteiger partial charge on any atom is 0.197 e. The van der Waals surface area contributed by atoms with Gasteiger partial charge < -0.3 is 9.40 Å². The lowest BCUT2D eigenvalue weighted by atomic mass is 10.1. The van der Waals surface area contributed by atoms with Crippen LogP contribution in [0.25, 0.3) is 22.0 Å². The molecule has 0 fully saturated rings. The van der Waals surface area contributed by atoms with Crippen molar-refractivity contribution in [1.29, 1.82) is 0 Å². The average molecular weight is 271 g/mol. The van der Waals surface area contributed by atoms with Gasteiger partial charge in [-0.15, -0.1) is 0 Å². The van der Waals surface area contributed by atoms with Crippen molar-refractivity contribution in [3.05, 3.63) is 48.3 Å². The van der Waals surface area contributed by atoms with E-state index in [1.54, 1.807) is 24.6 Å². The number of hydrogen-bond acceptors (Lipinski definition) is 2. The van der Waals surface area contributed by atoms with E-state index in [9.17, 15) is 9.18 Å². The van der Waals surface area contributed by atoms with Crippen LogP contribution in [-0.2, 0) is 0 Å². The second kappa shape index (κ2) is 4.96. The Morgan fingerprint density at radius 2 is 2.20 bits per heavy atom. The Kier molecular flexibility index (Phi) is 3.14. The molecule has 0 radical (unpaired) electrons. The molecule has 0 bridgehead atoms. The summed E-state index contributed by atoms with van der Waals surface area (Å²) in [6.07, 6.45) is 4.63. The maximum absolute atomic E-state index is 13.2. The van der Waals surface area contributed by atoms with E-state index in [1.165, 1.54) is 12.1 Å². The normalized spacial score (nSPS) is 11.1. The molecule has 2 heterocycles. The first-order valence-corrected chi connectivity index (χ1v) is 6.58. The van der Waals surface area contributed by atoms with Crippen LogP contribution < -0.4 is 0 Å². The average Bonchev–Trinajstić information content (AvgIpc) is 3.04. The molecule has 4 heteroatoms. The standard InChI is InChI=1S/C16H14FNO2/c1-2-3-15(19)16-6-10(9-20-16)13-8-18-14-7-11(17)4-5-12(13)14/h4-9,18H,2-3H2,1H3.